The Balaban J connectivity index is 2.33. The molecule has 1 aromatic rings. The number of carbonyl (C=O) groups excluding carboxylic acids is 1. The SMILES string of the molecule is CC(C)N1C(=O)OCC1c1ccc(F)c(F)c1. The lowest BCUT2D eigenvalue weighted by atomic mass is 10.1. The summed E-state index contributed by atoms with van der Waals surface area (Å²) in [5, 5.41) is 0. The first-order valence-electron chi connectivity index (χ1n) is 5.40. The zero-order chi connectivity index (χ0) is 12.6. The third-order valence-electron chi connectivity index (χ3n) is 2.80. The lowest BCUT2D eigenvalue weighted by Crippen LogP contribution is -2.34. The Labute approximate surface area is 98.0 Å². The van der Waals surface area contributed by atoms with Crippen molar-refractivity contribution in [1.82, 2.24) is 4.90 Å². The van der Waals surface area contributed by atoms with E-state index in [0.717, 1.165) is 12.1 Å². The highest BCUT2D eigenvalue weighted by molar-refractivity contribution is 5.70. The Morgan fingerprint density at radius 2 is 2.06 bits per heavy atom. The van der Waals surface area contributed by atoms with Gasteiger partial charge in [-0.25, -0.2) is 13.6 Å². The van der Waals surface area contributed by atoms with Gasteiger partial charge in [0.1, 0.15) is 6.61 Å². The van der Waals surface area contributed by atoms with E-state index in [9.17, 15) is 13.6 Å². The summed E-state index contributed by atoms with van der Waals surface area (Å²) in [6, 6.07) is 3.24. The molecule has 1 fully saturated rings. The van der Waals surface area contributed by atoms with E-state index in [0.29, 0.717) is 5.56 Å². The summed E-state index contributed by atoms with van der Waals surface area (Å²) in [5.41, 5.74) is 0.545. The van der Waals surface area contributed by atoms with Gasteiger partial charge in [0.2, 0.25) is 0 Å². The van der Waals surface area contributed by atoms with Crippen molar-refractivity contribution in [2.45, 2.75) is 25.9 Å². The fraction of sp³-hybridized carbons (Fsp3) is 0.417. The van der Waals surface area contributed by atoms with Crippen molar-refractivity contribution in [3.63, 3.8) is 0 Å². The molecule has 1 heterocycles. The molecule has 1 atom stereocenters. The largest absolute Gasteiger partial charge is 0.447 e. The minimum Gasteiger partial charge on any atom is -0.447 e. The number of benzene rings is 1. The van der Waals surface area contributed by atoms with E-state index in [4.69, 9.17) is 4.74 Å². The van der Waals surface area contributed by atoms with E-state index >= 15 is 0 Å². The topological polar surface area (TPSA) is 29.5 Å². The number of halogens is 2. The van der Waals surface area contributed by atoms with Crippen molar-refractivity contribution >= 4 is 6.09 Å². The molecule has 1 saturated heterocycles. The number of cyclic esters (lactones) is 1. The molecule has 0 spiro atoms. The molecule has 17 heavy (non-hydrogen) atoms. The molecule has 3 nitrogen and oxygen atoms in total. The van der Waals surface area contributed by atoms with Gasteiger partial charge in [-0.3, -0.25) is 4.90 Å². The Hall–Kier alpha value is -1.65. The van der Waals surface area contributed by atoms with Gasteiger partial charge >= 0.3 is 6.09 Å². The number of rotatable bonds is 2. The Kier molecular flexibility index (Phi) is 3.00. The maximum Gasteiger partial charge on any atom is 0.410 e. The minimum atomic E-state index is -0.912. The zero-order valence-corrected chi connectivity index (χ0v) is 9.61. The van der Waals surface area contributed by atoms with E-state index in [2.05, 4.69) is 0 Å². The van der Waals surface area contributed by atoms with Crippen LogP contribution in [0.5, 0.6) is 0 Å². The fourth-order valence-electron chi connectivity index (χ4n) is 1.98. The van der Waals surface area contributed by atoms with Gasteiger partial charge in [0.05, 0.1) is 6.04 Å². The van der Waals surface area contributed by atoms with Gasteiger partial charge in [0.15, 0.2) is 11.6 Å². The number of ether oxygens (including phenoxy) is 1. The molecule has 1 aliphatic heterocycles. The van der Waals surface area contributed by atoms with E-state index in [-0.39, 0.29) is 18.7 Å². The van der Waals surface area contributed by atoms with E-state index in [1.807, 2.05) is 13.8 Å². The smallest absolute Gasteiger partial charge is 0.410 e. The predicted molar refractivity (Wildman–Crippen MR) is 57.4 cm³/mol. The Morgan fingerprint density at radius 1 is 1.35 bits per heavy atom. The molecule has 5 heteroatoms. The van der Waals surface area contributed by atoms with Crippen molar-refractivity contribution in [2.75, 3.05) is 6.61 Å². The molecular weight excluding hydrogens is 228 g/mol. The number of hydrogen-bond donors (Lipinski definition) is 0. The quantitative estimate of drug-likeness (QED) is 0.796. The molecule has 1 unspecified atom stereocenters. The maximum absolute atomic E-state index is 13.1. The zero-order valence-electron chi connectivity index (χ0n) is 9.61. The summed E-state index contributed by atoms with van der Waals surface area (Å²) in [5.74, 6) is -1.80. The predicted octanol–water partition coefficient (Wildman–Crippen LogP) is 2.87. The van der Waals surface area contributed by atoms with Gasteiger partial charge in [0.25, 0.3) is 0 Å². The summed E-state index contributed by atoms with van der Waals surface area (Å²) in [7, 11) is 0. The van der Waals surface area contributed by atoms with Crippen LogP contribution in [0.3, 0.4) is 0 Å². The molecule has 1 aliphatic rings. The fourth-order valence-corrected chi connectivity index (χ4v) is 1.98. The van der Waals surface area contributed by atoms with Crippen LogP contribution in [0.4, 0.5) is 13.6 Å². The maximum atomic E-state index is 13.1. The molecule has 2 rings (SSSR count). The molecule has 0 N–H and O–H groups in total. The van der Waals surface area contributed by atoms with Crippen LogP contribution in [0.25, 0.3) is 0 Å². The highest BCUT2D eigenvalue weighted by Gasteiger charge is 2.36. The summed E-state index contributed by atoms with van der Waals surface area (Å²) in [6.07, 6.45) is -0.422. The lowest BCUT2D eigenvalue weighted by Gasteiger charge is -2.25. The van der Waals surface area contributed by atoms with Crippen LogP contribution in [0.1, 0.15) is 25.5 Å². The molecule has 1 aromatic carbocycles. The molecule has 0 aliphatic carbocycles. The third kappa shape index (κ3) is 2.09. The van der Waals surface area contributed by atoms with Gasteiger partial charge in [-0.1, -0.05) is 6.07 Å². The highest BCUT2D eigenvalue weighted by atomic mass is 19.2. The molecule has 1 amide bonds. The van der Waals surface area contributed by atoms with Crippen LogP contribution < -0.4 is 0 Å². The summed E-state index contributed by atoms with van der Waals surface area (Å²) < 4.78 is 30.9. The van der Waals surface area contributed by atoms with Gasteiger partial charge in [-0.05, 0) is 31.5 Å². The molecule has 0 bridgehead atoms. The van der Waals surface area contributed by atoms with Crippen LogP contribution >= 0.6 is 0 Å². The summed E-state index contributed by atoms with van der Waals surface area (Å²) >= 11 is 0. The second kappa shape index (κ2) is 4.31. The summed E-state index contributed by atoms with van der Waals surface area (Å²) in [4.78, 5) is 13.0. The normalized spacial score (nSPS) is 19.9. The second-order valence-corrected chi connectivity index (χ2v) is 4.27. The van der Waals surface area contributed by atoms with Crippen molar-refractivity contribution in [3.05, 3.63) is 35.4 Å². The number of amides is 1. The lowest BCUT2D eigenvalue weighted by molar-refractivity contribution is 0.149. The van der Waals surface area contributed by atoms with Gasteiger partial charge < -0.3 is 4.74 Å². The van der Waals surface area contributed by atoms with Crippen LogP contribution in [0, 0.1) is 11.6 Å². The van der Waals surface area contributed by atoms with Crippen LogP contribution in [0.2, 0.25) is 0 Å². The third-order valence-corrected chi connectivity index (χ3v) is 2.80. The highest BCUT2D eigenvalue weighted by Crippen LogP contribution is 2.30. The minimum absolute atomic E-state index is 0.0527. The van der Waals surface area contributed by atoms with Crippen LogP contribution in [-0.2, 0) is 4.74 Å². The summed E-state index contributed by atoms with van der Waals surface area (Å²) in [6.45, 7) is 3.86. The van der Waals surface area contributed by atoms with Crippen molar-refractivity contribution < 1.29 is 18.3 Å². The molecule has 0 radical (unpaired) electrons. The van der Waals surface area contributed by atoms with Crippen molar-refractivity contribution in [3.8, 4) is 0 Å². The molecule has 0 saturated carbocycles. The van der Waals surface area contributed by atoms with Crippen LogP contribution in [-0.4, -0.2) is 23.6 Å². The first-order valence-corrected chi connectivity index (χ1v) is 5.40. The monoisotopic (exact) mass is 241 g/mol. The average molecular weight is 241 g/mol. The van der Waals surface area contributed by atoms with Crippen LogP contribution in [0.15, 0.2) is 18.2 Å². The Bertz CT molecular complexity index is 448. The van der Waals surface area contributed by atoms with Gasteiger partial charge in [-0.15, -0.1) is 0 Å². The molecule has 92 valence electrons. The first kappa shape index (κ1) is 11.8. The first-order chi connectivity index (χ1) is 8.00. The number of carbonyl (C=O) groups is 1. The van der Waals surface area contributed by atoms with E-state index in [1.54, 1.807) is 0 Å². The number of nitrogens with zero attached hydrogens (tertiary/aromatic N) is 1. The van der Waals surface area contributed by atoms with E-state index < -0.39 is 17.7 Å². The van der Waals surface area contributed by atoms with Gasteiger partial charge in [0, 0.05) is 6.04 Å². The second-order valence-electron chi connectivity index (χ2n) is 4.27. The standard InChI is InChI=1S/C12H13F2NO2/c1-7(2)15-11(6-17-12(15)16)8-3-4-9(13)10(14)5-8/h3-5,7,11H,6H2,1-2H3. The average Bonchev–Trinajstić information content (AvgIpc) is 2.64. The molecular formula is C12H13F2NO2. The number of hydrogen-bond acceptors (Lipinski definition) is 2. The molecule has 0 aromatic heterocycles. The van der Waals surface area contributed by atoms with Crippen molar-refractivity contribution in [1.29, 1.82) is 0 Å². The van der Waals surface area contributed by atoms with Gasteiger partial charge in [-0.2, -0.15) is 0 Å². The Morgan fingerprint density at radius 3 is 2.65 bits per heavy atom. The van der Waals surface area contributed by atoms with Crippen molar-refractivity contribution in [2.24, 2.45) is 0 Å². The van der Waals surface area contributed by atoms with E-state index in [1.165, 1.54) is 11.0 Å².